The van der Waals surface area contributed by atoms with E-state index >= 15 is 0 Å². The Morgan fingerprint density at radius 2 is 2.05 bits per heavy atom. The van der Waals surface area contributed by atoms with Crippen LogP contribution in [0.5, 0.6) is 0 Å². The summed E-state index contributed by atoms with van der Waals surface area (Å²) in [7, 11) is 0. The zero-order valence-electron chi connectivity index (χ0n) is 12.0. The Hall–Kier alpha value is -3.22. The van der Waals surface area contributed by atoms with Crippen LogP contribution in [0.2, 0.25) is 0 Å². The molecule has 0 fully saturated rings. The Balaban J connectivity index is 2.24. The Bertz CT molecular complexity index is 771. The van der Waals surface area contributed by atoms with E-state index < -0.39 is 0 Å². The number of nitrogens with zero attached hydrogens (tertiary/aromatic N) is 3. The summed E-state index contributed by atoms with van der Waals surface area (Å²) in [6.07, 6.45) is 5.36. The van der Waals surface area contributed by atoms with Crippen molar-refractivity contribution >= 4 is 11.6 Å². The molecule has 0 saturated heterocycles. The Labute approximate surface area is 128 Å². The fourth-order valence-electron chi connectivity index (χ4n) is 2.04. The van der Waals surface area contributed by atoms with E-state index in [9.17, 15) is 4.79 Å². The van der Waals surface area contributed by atoms with Crippen LogP contribution in [0.25, 0.3) is 10.4 Å². The lowest BCUT2D eigenvalue weighted by Crippen LogP contribution is -2.26. The molecule has 5 heteroatoms. The van der Waals surface area contributed by atoms with E-state index in [0.29, 0.717) is 16.8 Å². The quantitative estimate of drug-likeness (QED) is 0.391. The lowest BCUT2D eigenvalue weighted by Gasteiger charge is -2.14. The third-order valence-corrected chi connectivity index (χ3v) is 3.15. The smallest absolute Gasteiger partial charge is 0.251 e. The van der Waals surface area contributed by atoms with Gasteiger partial charge in [-0.3, -0.25) is 4.79 Å². The maximum Gasteiger partial charge on any atom is 0.251 e. The molecule has 22 heavy (non-hydrogen) atoms. The van der Waals surface area contributed by atoms with Crippen molar-refractivity contribution in [2.24, 2.45) is 5.11 Å². The van der Waals surface area contributed by atoms with Gasteiger partial charge in [0.1, 0.15) is 0 Å². The third kappa shape index (κ3) is 3.66. The summed E-state index contributed by atoms with van der Waals surface area (Å²) >= 11 is 0. The minimum absolute atomic E-state index is 0.147. The van der Waals surface area contributed by atoms with E-state index in [1.165, 1.54) is 6.07 Å². The number of azide groups is 1. The molecule has 0 saturated carbocycles. The van der Waals surface area contributed by atoms with Gasteiger partial charge < -0.3 is 5.32 Å². The Morgan fingerprint density at radius 3 is 2.68 bits per heavy atom. The molecule has 0 spiro atoms. The second kappa shape index (κ2) is 6.98. The molecule has 2 rings (SSSR count). The van der Waals surface area contributed by atoms with E-state index in [4.69, 9.17) is 12.0 Å². The molecule has 1 N–H and O–H groups in total. The van der Waals surface area contributed by atoms with E-state index in [1.807, 2.05) is 37.3 Å². The number of hydrogen-bond donors (Lipinski definition) is 1. The molecular formula is C17H14N4O. The number of terminal acetylenes is 1. The minimum Gasteiger partial charge on any atom is -0.346 e. The number of hydrogen-bond acceptors (Lipinski definition) is 2. The van der Waals surface area contributed by atoms with Gasteiger partial charge in [-0.2, -0.15) is 0 Å². The maximum atomic E-state index is 12.3. The summed E-state index contributed by atoms with van der Waals surface area (Å²) in [5.74, 6) is 2.17. The van der Waals surface area contributed by atoms with Gasteiger partial charge in [-0.05, 0) is 36.2 Å². The van der Waals surface area contributed by atoms with Crippen LogP contribution >= 0.6 is 0 Å². The van der Waals surface area contributed by atoms with Crippen LogP contribution in [0.3, 0.4) is 0 Å². The van der Waals surface area contributed by atoms with Gasteiger partial charge in [0.25, 0.3) is 5.91 Å². The molecule has 1 atom stereocenters. The van der Waals surface area contributed by atoms with Crippen molar-refractivity contribution in [3.8, 4) is 12.3 Å². The molecule has 1 amide bonds. The minimum atomic E-state index is -0.275. The van der Waals surface area contributed by atoms with E-state index in [1.54, 1.807) is 12.1 Å². The number of benzene rings is 2. The molecule has 0 unspecified atom stereocenters. The van der Waals surface area contributed by atoms with Crippen LogP contribution in [0.4, 0.5) is 5.69 Å². The van der Waals surface area contributed by atoms with Crippen molar-refractivity contribution in [1.29, 1.82) is 0 Å². The highest BCUT2D eigenvalue weighted by molar-refractivity contribution is 5.95. The van der Waals surface area contributed by atoms with Crippen LogP contribution in [-0.4, -0.2) is 5.91 Å². The molecular weight excluding hydrogens is 276 g/mol. The predicted molar refractivity (Wildman–Crippen MR) is 85.5 cm³/mol. The van der Waals surface area contributed by atoms with Crippen molar-refractivity contribution in [3.05, 3.63) is 75.7 Å². The number of rotatable bonds is 4. The van der Waals surface area contributed by atoms with E-state index in [-0.39, 0.29) is 11.9 Å². The molecule has 0 radical (unpaired) electrons. The zero-order valence-corrected chi connectivity index (χ0v) is 12.0. The first-order valence-electron chi connectivity index (χ1n) is 6.66. The van der Waals surface area contributed by atoms with E-state index in [2.05, 4.69) is 21.3 Å². The first-order valence-corrected chi connectivity index (χ1v) is 6.66. The maximum absolute atomic E-state index is 12.3. The van der Waals surface area contributed by atoms with Gasteiger partial charge in [-0.1, -0.05) is 41.4 Å². The third-order valence-electron chi connectivity index (χ3n) is 3.15. The van der Waals surface area contributed by atoms with E-state index in [0.717, 1.165) is 5.56 Å². The highest BCUT2D eigenvalue weighted by atomic mass is 16.1. The standard InChI is InChI=1S/C17H14N4O/c1-3-13-9-15(11-16(10-13)20-21-18)17(22)19-12(2)14-7-5-4-6-8-14/h1,4-12H,2H3,(H,19,22)/t12-/m1/s1. The second-order valence-corrected chi connectivity index (χ2v) is 4.71. The second-order valence-electron chi connectivity index (χ2n) is 4.71. The first kappa shape index (κ1) is 15.2. The van der Waals surface area contributed by atoms with Gasteiger partial charge in [-0.15, -0.1) is 6.42 Å². The number of amides is 1. The average molecular weight is 290 g/mol. The average Bonchev–Trinajstić information content (AvgIpc) is 2.55. The van der Waals surface area contributed by atoms with Crippen LogP contribution in [0.15, 0.2) is 53.6 Å². The molecule has 108 valence electrons. The largest absolute Gasteiger partial charge is 0.346 e. The van der Waals surface area contributed by atoms with Gasteiger partial charge in [0.05, 0.1) is 6.04 Å². The molecule has 0 heterocycles. The predicted octanol–water partition coefficient (Wildman–Crippen LogP) is 4.10. The zero-order chi connectivity index (χ0) is 15.9. The van der Waals surface area contributed by atoms with Gasteiger partial charge in [0.2, 0.25) is 0 Å². The number of nitrogens with one attached hydrogen (secondary N) is 1. The highest BCUT2D eigenvalue weighted by Crippen LogP contribution is 2.19. The fourth-order valence-corrected chi connectivity index (χ4v) is 2.04. The highest BCUT2D eigenvalue weighted by Gasteiger charge is 2.12. The Kier molecular flexibility index (Phi) is 4.81. The summed E-state index contributed by atoms with van der Waals surface area (Å²) in [5.41, 5.74) is 10.7. The molecule has 0 bridgehead atoms. The first-order chi connectivity index (χ1) is 10.6. The summed E-state index contributed by atoms with van der Waals surface area (Å²) < 4.78 is 0. The van der Waals surface area contributed by atoms with Crippen molar-refractivity contribution in [1.82, 2.24) is 5.32 Å². The van der Waals surface area contributed by atoms with Crippen LogP contribution in [-0.2, 0) is 0 Å². The van der Waals surface area contributed by atoms with Crippen LogP contribution in [0.1, 0.15) is 34.5 Å². The Morgan fingerprint density at radius 1 is 1.32 bits per heavy atom. The summed E-state index contributed by atoms with van der Waals surface area (Å²) in [6.45, 7) is 1.90. The molecule has 0 aliphatic rings. The normalized spacial score (nSPS) is 10.9. The molecule has 0 aliphatic carbocycles. The van der Waals surface area contributed by atoms with Crippen molar-refractivity contribution in [2.75, 3.05) is 0 Å². The molecule has 5 nitrogen and oxygen atoms in total. The monoisotopic (exact) mass is 290 g/mol. The summed E-state index contributed by atoms with van der Waals surface area (Å²) in [5, 5.41) is 6.39. The topological polar surface area (TPSA) is 77.9 Å². The van der Waals surface area contributed by atoms with Gasteiger partial charge in [0, 0.05) is 21.7 Å². The van der Waals surface area contributed by atoms with Gasteiger partial charge >= 0.3 is 0 Å². The summed E-state index contributed by atoms with van der Waals surface area (Å²) in [6, 6.07) is 14.1. The van der Waals surface area contributed by atoms with Gasteiger partial charge in [0.15, 0.2) is 0 Å². The van der Waals surface area contributed by atoms with Crippen molar-refractivity contribution in [3.63, 3.8) is 0 Å². The SMILES string of the molecule is C#Cc1cc(N=[N+]=[N-])cc(C(=O)N[C@H](C)c2ccccc2)c1. The van der Waals surface area contributed by atoms with Crippen molar-refractivity contribution in [2.45, 2.75) is 13.0 Å². The van der Waals surface area contributed by atoms with Crippen LogP contribution < -0.4 is 5.32 Å². The van der Waals surface area contributed by atoms with Crippen molar-refractivity contribution < 1.29 is 4.79 Å². The lowest BCUT2D eigenvalue weighted by atomic mass is 10.1. The van der Waals surface area contributed by atoms with Gasteiger partial charge in [-0.25, -0.2) is 0 Å². The molecule has 0 aromatic heterocycles. The number of carbonyl (C=O) groups is 1. The van der Waals surface area contributed by atoms with Crippen LogP contribution in [0, 0.1) is 12.3 Å². The summed E-state index contributed by atoms with van der Waals surface area (Å²) in [4.78, 5) is 15.1. The number of carbonyl (C=O) groups excluding carboxylic acids is 1. The molecule has 2 aromatic rings. The fraction of sp³-hybridized carbons (Fsp3) is 0.118. The molecule has 2 aromatic carbocycles. The lowest BCUT2D eigenvalue weighted by molar-refractivity contribution is 0.0940. The molecule has 0 aliphatic heterocycles.